The average molecular weight is 425 g/mol. The van der Waals surface area contributed by atoms with Crippen LogP contribution in [0.4, 0.5) is 24.5 Å². The van der Waals surface area contributed by atoms with Crippen LogP contribution in [-0.4, -0.2) is 48.0 Å². The van der Waals surface area contributed by atoms with Crippen LogP contribution in [0.3, 0.4) is 0 Å². The van der Waals surface area contributed by atoms with Crippen LogP contribution in [-0.2, 0) is 11.0 Å². The number of nitrogens with zero attached hydrogens (tertiary/aromatic N) is 3. The number of benzene rings is 1. The van der Waals surface area contributed by atoms with Crippen molar-refractivity contribution >= 4 is 29.7 Å². The van der Waals surface area contributed by atoms with Gasteiger partial charge in [0.2, 0.25) is 5.91 Å². The lowest BCUT2D eigenvalue weighted by Crippen LogP contribution is -2.56. The highest BCUT2D eigenvalue weighted by Gasteiger charge is 2.36. The Morgan fingerprint density at radius 1 is 1.18 bits per heavy atom. The molecule has 1 aliphatic rings. The van der Waals surface area contributed by atoms with Crippen molar-refractivity contribution in [3.05, 3.63) is 33.9 Å². The number of halogens is 4. The maximum absolute atomic E-state index is 12.8. The Kier molecular flexibility index (Phi) is 7.29. The number of carbonyl (C=O) groups is 1. The lowest BCUT2D eigenvalue weighted by molar-refractivity contribution is -0.384. The van der Waals surface area contributed by atoms with Gasteiger partial charge in [0.15, 0.2) is 0 Å². The zero-order valence-corrected chi connectivity index (χ0v) is 16.6. The first-order chi connectivity index (χ1) is 12.3. The number of nitrogens with two attached hydrogens (primary N) is 1. The maximum atomic E-state index is 12.8. The van der Waals surface area contributed by atoms with Crippen LogP contribution in [0.25, 0.3) is 0 Å². The van der Waals surface area contributed by atoms with Crippen molar-refractivity contribution in [1.29, 1.82) is 0 Å². The van der Waals surface area contributed by atoms with E-state index in [0.29, 0.717) is 19.2 Å². The summed E-state index contributed by atoms with van der Waals surface area (Å²) in [4.78, 5) is 26.1. The maximum Gasteiger partial charge on any atom is 0.416 e. The number of nitro benzene ring substituents is 1. The molecule has 7 nitrogen and oxygen atoms in total. The van der Waals surface area contributed by atoms with Crippen molar-refractivity contribution in [3.63, 3.8) is 0 Å². The van der Waals surface area contributed by atoms with Gasteiger partial charge in [-0.3, -0.25) is 14.9 Å². The zero-order valence-electron chi connectivity index (χ0n) is 15.8. The number of nitro groups is 1. The van der Waals surface area contributed by atoms with Crippen LogP contribution >= 0.6 is 12.4 Å². The number of anilines is 1. The quantitative estimate of drug-likeness (QED) is 0.594. The van der Waals surface area contributed by atoms with Crippen LogP contribution in [0.2, 0.25) is 0 Å². The lowest BCUT2D eigenvalue weighted by Gasteiger charge is -2.38. The number of amides is 1. The molecule has 2 N–H and O–H groups in total. The van der Waals surface area contributed by atoms with Crippen molar-refractivity contribution in [2.45, 2.75) is 33.0 Å². The minimum atomic E-state index is -4.66. The Balaban J connectivity index is 0.00000392. The highest BCUT2D eigenvalue weighted by molar-refractivity contribution is 5.85. The third-order valence-electron chi connectivity index (χ3n) is 4.63. The molecule has 0 saturated carbocycles. The van der Waals surface area contributed by atoms with Crippen LogP contribution in [0.15, 0.2) is 18.2 Å². The van der Waals surface area contributed by atoms with Gasteiger partial charge < -0.3 is 15.5 Å². The molecule has 1 saturated heterocycles. The van der Waals surface area contributed by atoms with Crippen LogP contribution in [0, 0.1) is 15.5 Å². The van der Waals surface area contributed by atoms with Crippen molar-refractivity contribution in [1.82, 2.24) is 4.90 Å². The average Bonchev–Trinajstić information content (AvgIpc) is 2.58. The predicted octanol–water partition coefficient (Wildman–Crippen LogP) is 3.06. The molecule has 158 valence electrons. The highest BCUT2D eigenvalue weighted by atomic mass is 35.5. The van der Waals surface area contributed by atoms with Gasteiger partial charge >= 0.3 is 6.18 Å². The molecular weight excluding hydrogens is 401 g/mol. The molecule has 2 rings (SSSR count). The van der Waals surface area contributed by atoms with E-state index in [1.165, 1.54) is 0 Å². The fourth-order valence-corrected chi connectivity index (χ4v) is 2.85. The van der Waals surface area contributed by atoms with Crippen molar-refractivity contribution < 1.29 is 22.9 Å². The molecule has 11 heteroatoms. The molecule has 1 amide bonds. The Bertz CT molecular complexity index is 729. The number of rotatable bonds is 3. The van der Waals surface area contributed by atoms with E-state index in [-0.39, 0.29) is 37.1 Å². The van der Waals surface area contributed by atoms with Gasteiger partial charge in [-0.25, -0.2) is 0 Å². The molecule has 28 heavy (non-hydrogen) atoms. The summed E-state index contributed by atoms with van der Waals surface area (Å²) < 4.78 is 38.5. The Morgan fingerprint density at radius 3 is 2.14 bits per heavy atom. The van der Waals surface area contributed by atoms with E-state index >= 15 is 0 Å². The van der Waals surface area contributed by atoms with E-state index < -0.39 is 33.8 Å². The molecule has 1 heterocycles. The number of hydrogen-bond acceptors (Lipinski definition) is 5. The van der Waals surface area contributed by atoms with Crippen molar-refractivity contribution in [3.8, 4) is 0 Å². The Morgan fingerprint density at radius 2 is 1.71 bits per heavy atom. The zero-order chi connectivity index (χ0) is 20.6. The van der Waals surface area contributed by atoms with Gasteiger partial charge in [-0.05, 0) is 17.5 Å². The van der Waals surface area contributed by atoms with Gasteiger partial charge in [0.25, 0.3) is 5.69 Å². The summed E-state index contributed by atoms with van der Waals surface area (Å²) in [6, 6.07) is 1.81. The number of hydrogen-bond donors (Lipinski definition) is 1. The fourth-order valence-electron chi connectivity index (χ4n) is 2.85. The molecular formula is C17H24ClF3N4O3. The van der Waals surface area contributed by atoms with Gasteiger partial charge in [-0.15, -0.1) is 12.4 Å². The molecule has 1 aliphatic heterocycles. The standard InChI is InChI=1S/C17H23F3N4O3.ClH/c1-16(2,3)14(21)15(25)23-8-6-22(7-9-23)12-5-4-11(17(18,19)20)10-13(12)24(26)27;/h4-5,10,14H,6-9,21H2,1-3H3;1H/t14-;/m1./s1. The molecule has 0 unspecified atom stereocenters. The lowest BCUT2D eigenvalue weighted by atomic mass is 9.86. The SMILES string of the molecule is CC(C)(C)[C@H](N)C(=O)N1CCN(c2ccc(C(F)(F)F)cc2[N+](=O)[O-])CC1.Cl. The summed E-state index contributed by atoms with van der Waals surface area (Å²) in [5.74, 6) is -0.205. The Hall–Kier alpha value is -2.07. The monoisotopic (exact) mass is 424 g/mol. The normalized spacial score (nSPS) is 16.4. The van der Waals surface area contributed by atoms with Crippen LogP contribution in [0.5, 0.6) is 0 Å². The summed E-state index contributed by atoms with van der Waals surface area (Å²) in [6.45, 7) is 6.71. The summed E-state index contributed by atoms with van der Waals surface area (Å²) in [6.07, 6.45) is -4.66. The summed E-state index contributed by atoms with van der Waals surface area (Å²) >= 11 is 0. The van der Waals surface area contributed by atoms with E-state index in [0.717, 1.165) is 12.1 Å². The smallest absolute Gasteiger partial charge is 0.362 e. The van der Waals surface area contributed by atoms with Gasteiger partial charge in [0.05, 0.1) is 16.5 Å². The van der Waals surface area contributed by atoms with E-state index in [9.17, 15) is 28.1 Å². The first kappa shape index (κ1) is 24.0. The van der Waals surface area contributed by atoms with Gasteiger partial charge in [-0.2, -0.15) is 13.2 Å². The largest absolute Gasteiger partial charge is 0.416 e. The van der Waals surface area contributed by atoms with Crippen LogP contribution in [0.1, 0.15) is 26.3 Å². The number of piperazine rings is 1. The molecule has 0 spiro atoms. The molecule has 1 atom stereocenters. The van der Waals surface area contributed by atoms with E-state index in [1.807, 2.05) is 20.8 Å². The molecule has 0 aromatic heterocycles. The Labute approximate surface area is 167 Å². The second-order valence-corrected chi connectivity index (χ2v) is 7.61. The van der Waals surface area contributed by atoms with Crippen molar-refractivity contribution in [2.75, 3.05) is 31.1 Å². The van der Waals surface area contributed by atoms with Gasteiger partial charge in [0.1, 0.15) is 5.69 Å². The molecule has 1 fully saturated rings. The van der Waals surface area contributed by atoms with Crippen LogP contribution < -0.4 is 10.6 Å². The van der Waals surface area contributed by atoms with Gasteiger partial charge in [0, 0.05) is 32.2 Å². The first-order valence-electron chi connectivity index (χ1n) is 8.47. The second kappa shape index (κ2) is 8.52. The third kappa shape index (κ3) is 5.26. The summed E-state index contributed by atoms with van der Waals surface area (Å²) in [5, 5.41) is 11.2. The summed E-state index contributed by atoms with van der Waals surface area (Å²) in [7, 11) is 0. The molecule has 0 radical (unpaired) electrons. The topological polar surface area (TPSA) is 92.7 Å². The molecule has 1 aromatic carbocycles. The predicted molar refractivity (Wildman–Crippen MR) is 102 cm³/mol. The minimum absolute atomic E-state index is 0. The highest BCUT2D eigenvalue weighted by Crippen LogP contribution is 2.36. The molecule has 0 aliphatic carbocycles. The molecule has 1 aromatic rings. The van der Waals surface area contributed by atoms with Crippen molar-refractivity contribution in [2.24, 2.45) is 11.1 Å². The number of alkyl halides is 3. The van der Waals surface area contributed by atoms with E-state index in [2.05, 4.69) is 0 Å². The minimum Gasteiger partial charge on any atom is -0.362 e. The first-order valence-corrected chi connectivity index (χ1v) is 8.47. The van der Waals surface area contributed by atoms with Gasteiger partial charge in [-0.1, -0.05) is 20.8 Å². The second-order valence-electron chi connectivity index (χ2n) is 7.61. The van der Waals surface area contributed by atoms with E-state index in [1.54, 1.807) is 9.80 Å². The third-order valence-corrected chi connectivity index (χ3v) is 4.63. The summed E-state index contributed by atoms with van der Waals surface area (Å²) in [5.41, 5.74) is 4.03. The fraction of sp³-hybridized carbons (Fsp3) is 0.588. The molecule has 0 bridgehead atoms. The number of carbonyl (C=O) groups excluding carboxylic acids is 1. The van der Waals surface area contributed by atoms with E-state index in [4.69, 9.17) is 5.73 Å².